The maximum atomic E-state index is 5.88. The molecule has 112 valence electrons. The lowest BCUT2D eigenvalue weighted by atomic mass is 10.1. The first-order valence-corrected chi connectivity index (χ1v) is 7.85. The first kappa shape index (κ1) is 14.7. The Bertz CT molecular complexity index is 832. The van der Waals surface area contributed by atoms with E-state index in [1.807, 2.05) is 30.4 Å². The summed E-state index contributed by atoms with van der Waals surface area (Å²) >= 11 is 5.63. The van der Waals surface area contributed by atoms with Crippen LogP contribution in [-0.2, 0) is 6.42 Å². The molecule has 2 nitrogen and oxygen atoms in total. The second-order valence-corrected chi connectivity index (χ2v) is 5.37. The molecule has 2 aromatic carbocycles. The van der Waals surface area contributed by atoms with Crippen LogP contribution in [0.25, 0.3) is 21.8 Å². The maximum absolute atomic E-state index is 5.88. The third-order valence-electron chi connectivity index (χ3n) is 3.69. The molecule has 22 heavy (non-hydrogen) atoms. The largest absolute Gasteiger partial charge is 0.489 e. The van der Waals surface area contributed by atoms with Gasteiger partial charge in [-0.1, -0.05) is 36.4 Å². The molecule has 3 aromatic rings. The monoisotopic (exact) mass is 311 g/mol. The fourth-order valence-corrected chi connectivity index (χ4v) is 2.83. The van der Waals surface area contributed by atoms with Crippen molar-refractivity contribution < 1.29 is 4.74 Å². The number of H-pyrrole nitrogens is 1. The SMILES string of the molecule is C=CCc1c(OC/C=C\CCl)ccc2c1[nH]c1ccccc12. The number of aromatic nitrogens is 1. The Labute approximate surface area is 135 Å². The van der Waals surface area contributed by atoms with Gasteiger partial charge in [-0.05, 0) is 24.6 Å². The van der Waals surface area contributed by atoms with Gasteiger partial charge in [0.05, 0.1) is 5.52 Å². The average molecular weight is 312 g/mol. The predicted molar refractivity (Wildman–Crippen MR) is 95.1 cm³/mol. The highest BCUT2D eigenvalue weighted by Crippen LogP contribution is 2.33. The van der Waals surface area contributed by atoms with E-state index in [-0.39, 0.29) is 0 Å². The summed E-state index contributed by atoms with van der Waals surface area (Å²) in [5.41, 5.74) is 3.41. The Morgan fingerprint density at radius 1 is 1.09 bits per heavy atom. The molecule has 0 atom stereocenters. The molecule has 0 bridgehead atoms. The number of hydrogen-bond acceptors (Lipinski definition) is 1. The van der Waals surface area contributed by atoms with Crippen molar-refractivity contribution in [3.63, 3.8) is 0 Å². The first-order chi connectivity index (χ1) is 10.8. The van der Waals surface area contributed by atoms with E-state index in [1.165, 1.54) is 10.8 Å². The summed E-state index contributed by atoms with van der Waals surface area (Å²) in [7, 11) is 0. The Morgan fingerprint density at radius 3 is 2.77 bits per heavy atom. The summed E-state index contributed by atoms with van der Waals surface area (Å²) in [6.45, 7) is 4.38. The number of alkyl halides is 1. The zero-order chi connectivity index (χ0) is 15.4. The highest BCUT2D eigenvalue weighted by atomic mass is 35.5. The number of ether oxygens (including phenoxy) is 1. The minimum atomic E-state index is 0.504. The lowest BCUT2D eigenvalue weighted by molar-refractivity contribution is 0.360. The summed E-state index contributed by atoms with van der Waals surface area (Å²) in [6, 6.07) is 12.5. The van der Waals surface area contributed by atoms with Crippen LogP contribution in [0.4, 0.5) is 0 Å². The Morgan fingerprint density at radius 2 is 1.95 bits per heavy atom. The van der Waals surface area contributed by atoms with Crippen molar-refractivity contribution in [2.45, 2.75) is 6.42 Å². The maximum Gasteiger partial charge on any atom is 0.125 e. The molecule has 0 saturated carbocycles. The molecule has 0 aliphatic heterocycles. The van der Waals surface area contributed by atoms with Crippen LogP contribution in [0.2, 0.25) is 0 Å². The smallest absolute Gasteiger partial charge is 0.125 e. The third kappa shape index (κ3) is 2.75. The molecule has 0 amide bonds. The van der Waals surface area contributed by atoms with E-state index >= 15 is 0 Å². The minimum Gasteiger partial charge on any atom is -0.489 e. The summed E-state index contributed by atoms with van der Waals surface area (Å²) in [5, 5.41) is 2.45. The standard InChI is InChI=1S/C19H18ClNO/c1-2-7-16-18(22-13-6-5-12-20)11-10-15-14-8-3-4-9-17(14)21-19(15)16/h2-6,8-11,21H,1,7,12-13H2/b6-5-. The number of fused-ring (bicyclic) bond motifs is 3. The summed E-state index contributed by atoms with van der Waals surface area (Å²) in [4.78, 5) is 3.51. The van der Waals surface area contributed by atoms with Gasteiger partial charge in [-0.25, -0.2) is 0 Å². The number of halogens is 1. The van der Waals surface area contributed by atoms with Crippen LogP contribution in [0.5, 0.6) is 5.75 Å². The normalized spacial score (nSPS) is 11.5. The fraction of sp³-hybridized carbons (Fsp3) is 0.158. The second kappa shape index (κ2) is 6.71. The number of hydrogen-bond donors (Lipinski definition) is 1. The van der Waals surface area contributed by atoms with E-state index in [9.17, 15) is 0 Å². The zero-order valence-electron chi connectivity index (χ0n) is 12.3. The van der Waals surface area contributed by atoms with E-state index in [0.717, 1.165) is 28.8 Å². The van der Waals surface area contributed by atoms with Crippen molar-refractivity contribution >= 4 is 33.4 Å². The van der Waals surface area contributed by atoms with Crippen LogP contribution >= 0.6 is 11.6 Å². The highest BCUT2D eigenvalue weighted by Gasteiger charge is 2.12. The number of rotatable bonds is 6. The van der Waals surface area contributed by atoms with Gasteiger partial charge in [-0.3, -0.25) is 0 Å². The molecular weight excluding hydrogens is 294 g/mol. The van der Waals surface area contributed by atoms with E-state index < -0.39 is 0 Å². The van der Waals surface area contributed by atoms with Crippen LogP contribution in [0.1, 0.15) is 5.56 Å². The summed E-state index contributed by atoms with van der Waals surface area (Å²) in [5.74, 6) is 1.39. The molecule has 3 heteroatoms. The van der Waals surface area contributed by atoms with Crippen LogP contribution in [0.3, 0.4) is 0 Å². The molecule has 0 aliphatic carbocycles. The van der Waals surface area contributed by atoms with Gasteiger partial charge in [0.2, 0.25) is 0 Å². The molecule has 1 N–H and O–H groups in total. The molecule has 0 unspecified atom stereocenters. The van der Waals surface area contributed by atoms with Crippen LogP contribution in [0.15, 0.2) is 61.2 Å². The molecule has 0 aliphatic rings. The minimum absolute atomic E-state index is 0.504. The van der Waals surface area contributed by atoms with Crippen molar-refractivity contribution in [3.8, 4) is 5.75 Å². The molecule has 3 rings (SSSR count). The number of para-hydroxylation sites is 1. The molecule has 1 heterocycles. The van der Waals surface area contributed by atoms with Gasteiger partial charge in [0.25, 0.3) is 0 Å². The Hall–Kier alpha value is -2.19. The molecule has 1 aromatic heterocycles. The van der Waals surface area contributed by atoms with Crippen molar-refractivity contribution in [2.24, 2.45) is 0 Å². The van der Waals surface area contributed by atoms with Gasteiger partial charge in [0.15, 0.2) is 0 Å². The topological polar surface area (TPSA) is 25.0 Å². The Kier molecular flexibility index (Phi) is 4.50. The number of benzene rings is 2. The lowest BCUT2D eigenvalue weighted by Gasteiger charge is -2.10. The molecule has 0 saturated heterocycles. The summed E-state index contributed by atoms with van der Waals surface area (Å²) in [6.07, 6.45) is 6.48. The van der Waals surface area contributed by atoms with E-state index in [4.69, 9.17) is 16.3 Å². The van der Waals surface area contributed by atoms with E-state index in [0.29, 0.717) is 12.5 Å². The number of allylic oxidation sites excluding steroid dienone is 2. The predicted octanol–water partition coefficient (Wildman–Crippen LogP) is 5.22. The van der Waals surface area contributed by atoms with Crippen LogP contribution in [-0.4, -0.2) is 17.5 Å². The quantitative estimate of drug-likeness (QED) is 0.490. The van der Waals surface area contributed by atoms with Crippen molar-refractivity contribution in [2.75, 3.05) is 12.5 Å². The van der Waals surface area contributed by atoms with Gasteiger partial charge in [0, 0.05) is 27.7 Å². The van der Waals surface area contributed by atoms with Gasteiger partial charge >= 0.3 is 0 Å². The number of nitrogens with one attached hydrogen (secondary N) is 1. The highest BCUT2D eigenvalue weighted by molar-refractivity contribution is 6.18. The van der Waals surface area contributed by atoms with Crippen LogP contribution in [0, 0.1) is 0 Å². The van der Waals surface area contributed by atoms with Crippen LogP contribution < -0.4 is 4.74 Å². The number of aromatic amines is 1. The fourth-order valence-electron chi connectivity index (χ4n) is 2.71. The molecule has 0 radical (unpaired) electrons. The molecule has 0 fully saturated rings. The van der Waals surface area contributed by atoms with Crippen molar-refractivity contribution in [1.82, 2.24) is 4.98 Å². The molecule has 0 spiro atoms. The first-order valence-electron chi connectivity index (χ1n) is 7.32. The van der Waals surface area contributed by atoms with Gasteiger partial charge in [-0.15, -0.1) is 18.2 Å². The van der Waals surface area contributed by atoms with E-state index in [1.54, 1.807) is 0 Å². The van der Waals surface area contributed by atoms with Gasteiger partial charge in [-0.2, -0.15) is 0 Å². The van der Waals surface area contributed by atoms with Gasteiger partial charge in [0.1, 0.15) is 12.4 Å². The second-order valence-electron chi connectivity index (χ2n) is 5.06. The van der Waals surface area contributed by atoms with E-state index in [2.05, 4.69) is 35.8 Å². The van der Waals surface area contributed by atoms with Gasteiger partial charge < -0.3 is 9.72 Å². The lowest BCUT2D eigenvalue weighted by Crippen LogP contribution is -1.98. The molecular formula is C19H18ClNO. The third-order valence-corrected chi connectivity index (χ3v) is 3.86. The van der Waals surface area contributed by atoms with Crippen molar-refractivity contribution in [3.05, 3.63) is 66.8 Å². The zero-order valence-corrected chi connectivity index (χ0v) is 13.1. The average Bonchev–Trinajstić information content (AvgIpc) is 2.92. The Balaban J connectivity index is 2.08. The summed E-state index contributed by atoms with van der Waals surface area (Å²) < 4.78 is 5.88. The van der Waals surface area contributed by atoms with Crippen molar-refractivity contribution in [1.29, 1.82) is 0 Å².